The van der Waals surface area contributed by atoms with Crippen LogP contribution in [-0.2, 0) is 27.5 Å². The van der Waals surface area contributed by atoms with Crippen LogP contribution in [0.1, 0.15) is 24.0 Å². The van der Waals surface area contributed by atoms with Gasteiger partial charge in [0, 0.05) is 13.0 Å². The van der Waals surface area contributed by atoms with Crippen molar-refractivity contribution in [2.75, 3.05) is 7.11 Å². The molecule has 0 fully saturated rings. The van der Waals surface area contributed by atoms with Gasteiger partial charge in [0.1, 0.15) is 6.67 Å². The first-order valence-corrected chi connectivity index (χ1v) is 5.63. The topological polar surface area (TPSA) is 55.4 Å². The number of hydrogen-bond donors (Lipinski definition) is 1. The van der Waals surface area contributed by atoms with Crippen LogP contribution < -0.4 is 5.32 Å². The van der Waals surface area contributed by atoms with E-state index in [1.165, 1.54) is 7.11 Å². The monoisotopic (exact) mass is 253 g/mol. The lowest BCUT2D eigenvalue weighted by molar-refractivity contribution is -0.142. The molecule has 98 valence electrons. The fourth-order valence-corrected chi connectivity index (χ4v) is 1.43. The molecule has 1 aromatic carbocycles. The van der Waals surface area contributed by atoms with Gasteiger partial charge in [-0.2, -0.15) is 0 Å². The fraction of sp³-hybridized carbons (Fsp3) is 0.385. The third-order valence-corrected chi connectivity index (χ3v) is 2.42. The minimum Gasteiger partial charge on any atom is -0.469 e. The number of methoxy groups -OCH3 is 1. The number of esters is 1. The molecule has 0 atom stereocenters. The average molecular weight is 253 g/mol. The Labute approximate surface area is 105 Å². The molecule has 0 aliphatic carbocycles. The fourth-order valence-electron chi connectivity index (χ4n) is 1.43. The van der Waals surface area contributed by atoms with Gasteiger partial charge < -0.3 is 10.1 Å². The number of alkyl halides is 1. The predicted octanol–water partition coefficient (Wildman–Crippen LogP) is 1.73. The number of nitrogens with one attached hydrogen (secondary N) is 1. The van der Waals surface area contributed by atoms with Crippen molar-refractivity contribution in [3.63, 3.8) is 0 Å². The summed E-state index contributed by atoms with van der Waals surface area (Å²) in [4.78, 5) is 22.2. The highest BCUT2D eigenvalue weighted by atomic mass is 19.1. The number of hydrogen-bond acceptors (Lipinski definition) is 3. The summed E-state index contributed by atoms with van der Waals surface area (Å²) in [6.45, 7) is -0.196. The van der Waals surface area contributed by atoms with E-state index in [1.54, 1.807) is 24.3 Å². The molecule has 1 amide bonds. The van der Waals surface area contributed by atoms with Gasteiger partial charge in [-0.3, -0.25) is 9.59 Å². The number of halogens is 1. The first kappa shape index (κ1) is 14.2. The van der Waals surface area contributed by atoms with Gasteiger partial charge in [0.25, 0.3) is 0 Å². The molecule has 0 spiro atoms. The van der Waals surface area contributed by atoms with E-state index in [1.807, 2.05) is 0 Å². The van der Waals surface area contributed by atoms with Gasteiger partial charge >= 0.3 is 5.97 Å². The minimum absolute atomic E-state index is 0.0624. The quantitative estimate of drug-likeness (QED) is 0.785. The van der Waals surface area contributed by atoms with Crippen LogP contribution >= 0.6 is 0 Å². The van der Waals surface area contributed by atoms with Gasteiger partial charge in [-0.25, -0.2) is 4.39 Å². The van der Waals surface area contributed by atoms with E-state index in [-0.39, 0.29) is 18.7 Å². The van der Waals surface area contributed by atoms with Crippen molar-refractivity contribution >= 4 is 11.9 Å². The van der Waals surface area contributed by atoms with Crippen molar-refractivity contribution in [3.8, 4) is 0 Å². The molecule has 1 aromatic rings. The van der Waals surface area contributed by atoms with Crippen LogP contribution in [0.15, 0.2) is 24.3 Å². The summed E-state index contributed by atoms with van der Waals surface area (Å²) < 4.78 is 16.8. The number of amides is 1. The summed E-state index contributed by atoms with van der Waals surface area (Å²) in [6.07, 6.45) is 0.155. The maximum Gasteiger partial charge on any atom is 0.306 e. The number of carbonyl (C=O) groups is 2. The summed E-state index contributed by atoms with van der Waals surface area (Å²) in [7, 11) is 1.28. The van der Waals surface area contributed by atoms with Crippen LogP contribution in [0.5, 0.6) is 0 Å². The van der Waals surface area contributed by atoms with Crippen molar-refractivity contribution in [2.45, 2.75) is 26.1 Å². The highest BCUT2D eigenvalue weighted by molar-refractivity contribution is 5.81. The summed E-state index contributed by atoms with van der Waals surface area (Å²) in [6, 6.07) is 6.92. The van der Waals surface area contributed by atoms with Crippen LogP contribution in [0.2, 0.25) is 0 Å². The molecule has 0 radical (unpaired) electrons. The first-order chi connectivity index (χ1) is 8.65. The molecular weight excluding hydrogens is 237 g/mol. The Balaban J connectivity index is 2.35. The predicted molar refractivity (Wildman–Crippen MR) is 64.4 cm³/mol. The van der Waals surface area contributed by atoms with E-state index < -0.39 is 12.6 Å². The molecule has 0 unspecified atom stereocenters. The average Bonchev–Trinajstić information content (AvgIpc) is 2.42. The van der Waals surface area contributed by atoms with Gasteiger partial charge in [-0.15, -0.1) is 0 Å². The Kier molecular flexibility index (Phi) is 5.84. The lowest BCUT2D eigenvalue weighted by Gasteiger charge is -2.06. The molecule has 0 heterocycles. The molecule has 0 aromatic heterocycles. The standard InChI is InChI=1S/C13H16FNO3/c1-18-13(17)6-5-12(16)15-9-11-4-2-3-10(7-11)8-14/h2-4,7H,5-6,8-9H2,1H3,(H,15,16). The van der Waals surface area contributed by atoms with E-state index >= 15 is 0 Å². The smallest absolute Gasteiger partial charge is 0.306 e. The van der Waals surface area contributed by atoms with Crippen molar-refractivity contribution < 1.29 is 18.7 Å². The molecule has 1 N–H and O–H groups in total. The molecule has 0 saturated heterocycles. The Morgan fingerprint density at radius 3 is 2.67 bits per heavy atom. The SMILES string of the molecule is COC(=O)CCC(=O)NCc1cccc(CF)c1. The van der Waals surface area contributed by atoms with E-state index in [0.717, 1.165) is 5.56 Å². The minimum atomic E-state index is -0.524. The molecule has 0 saturated carbocycles. The molecule has 18 heavy (non-hydrogen) atoms. The number of ether oxygens (including phenoxy) is 1. The largest absolute Gasteiger partial charge is 0.469 e. The van der Waals surface area contributed by atoms with Crippen LogP contribution in [0.3, 0.4) is 0 Å². The maximum absolute atomic E-state index is 12.4. The van der Waals surface area contributed by atoms with Crippen LogP contribution in [-0.4, -0.2) is 19.0 Å². The highest BCUT2D eigenvalue weighted by Gasteiger charge is 2.06. The molecule has 1 rings (SSSR count). The molecule has 0 bridgehead atoms. The lowest BCUT2D eigenvalue weighted by Crippen LogP contribution is -2.23. The molecule has 0 aliphatic heterocycles. The van der Waals surface area contributed by atoms with E-state index in [4.69, 9.17) is 0 Å². The third-order valence-electron chi connectivity index (χ3n) is 2.42. The second kappa shape index (κ2) is 7.42. The molecule has 0 aliphatic rings. The van der Waals surface area contributed by atoms with Crippen molar-refractivity contribution in [2.24, 2.45) is 0 Å². The second-order valence-corrected chi connectivity index (χ2v) is 3.81. The Bertz CT molecular complexity index is 420. The number of rotatable bonds is 6. The highest BCUT2D eigenvalue weighted by Crippen LogP contribution is 2.06. The summed E-state index contributed by atoms with van der Waals surface area (Å²) >= 11 is 0. The van der Waals surface area contributed by atoms with Crippen molar-refractivity contribution in [1.82, 2.24) is 5.32 Å². The maximum atomic E-state index is 12.4. The van der Waals surface area contributed by atoms with E-state index in [0.29, 0.717) is 12.1 Å². The number of carbonyl (C=O) groups excluding carboxylic acids is 2. The summed E-state index contributed by atoms with van der Waals surface area (Å²) in [5.41, 5.74) is 1.41. The van der Waals surface area contributed by atoms with E-state index in [9.17, 15) is 14.0 Å². The summed E-state index contributed by atoms with van der Waals surface area (Å²) in [5, 5.41) is 2.66. The molecular formula is C13H16FNO3. The zero-order chi connectivity index (χ0) is 13.4. The van der Waals surface area contributed by atoms with Crippen LogP contribution in [0.4, 0.5) is 4.39 Å². The van der Waals surface area contributed by atoms with Crippen LogP contribution in [0.25, 0.3) is 0 Å². The van der Waals surface area contributed by atoms with Gasteiger partial charge in [0.15, 0.2) is 0 Å². The zero-order valence-corrected chi connectivity index (χ0v) is 10.2. The summed E-state index contributed by atoms with van der Waals surface area (Å²) in [5.74, 6) is -0.643. The normalized spacial score (nSPS) is 9.89. The second-order valence-electron chi connectivity index (χ2n) is 3.81. The van der Waals surface area contributed by atoms with Crippen LogP contribution in [0, 0.1) is 0 Å². The Hall–Kier alpha value is -1.91. The third kappa shape index (κ3) is 4.95. The lowest BCUT2D eigenvalue weighted by atomic mass is 10.1. The first-order valence-electron chi connectivity index (χ1n) is 5.63. The Morgan fingerprint density at radius 1 is 1.28 bits per heavy atom. The van der Waals surface area contributed by atoms with Gasteiger partial charge in [-0.05, 0) is 11.1 Å². The van der Waals surface area contributed by atoms with Gasteiger partial charge in [0.05, 0.1) is 13.5 Å². The van der Waals surface area contributed by atoms with Gasteiger partial charge in [-0.1, -0.05) is 24.3 Å². The van der Waals surface area contributed by atoms with Gasteiger partial charge in [0.2, 0.25) is 5.91 Å². The Morgan fingerprint density at radius 2 is 2.00 bits per heavy atom. The molecule has 4 nitrogen and oxygen atoms in total. The van der Waals surface area contributed by atoms with Crippen molar-refractivity contribution in [3.05, 3.63) is 35.4 Å². The number of benzene rings is 1. The molecule has 5 heteroatoms. The zero-order valence-electron chi connectivity index (χ0n) is 10.2. The van der Waals surface area contributed by atoms with Crippen molar-refractivity contribution in [1.29, 1.82) is 0 Å². The van der Waals surface area contributed by atoms with E-state index in [2.05, 4.69) is 10.1 Å².